The predicted octanol–water partition coefficient (Wildman–Crippen LogP) is 3.30. The van der Waals surface area contributed by atoms with Crippen LogP contribution >= 0.6 is 0 Å². The number of anilines is 4. The zero-order chi connectivity index (χ0) is 24.1. The average Bonchev–Trinajstić information content (AvgIpc) is 3.35. The minimum Gasteiger partial charge on any atom is -0.352 e. The summed E-state index contributed by atoms with van der Waals surface area (Å²) in [5.74, 6) is 0.885. The topological polar surface area (TPSA) is 125 Å². The molecule has 10 heteroatoms. The molecular weight excluding hydrogens is 452 g/mol. The third-order valence-corrected chi connectivity index (χ3v) is 6.40. The average molecular weight is 481 g/mol. The fourth-order valence-corrected chi connectivity index (χ4v) is 4.59. The minimum absolute atomic E-state index is 0.0600. The molecule has 3 aromatic rings. The van der Waals surface area contributed by atoms with Gasteiger partial charge in [0.25, 0.3) is 0 Å². The van der Waals surface area contributed by atoms with Gasteiger partial charge in [-0.1, -0.05) is 18.2 Å². The molecule has 0 saturated carbocycles. The molecule has 9 nitrogen and oxygen atoms in total. The number of thiol groups is 1. The van der Waals surface area contributed by atoms with E-state index < -0.39 is 10.7 Å². The number of aromatic nitrogens is 2. The first-order valence-electron chi connectivity index (χ1n) is 11.1. The largest absolute Gasteiger partial charge is 0.352 e. The van der Waals surface area contributed by atoms with Crippen LogP contribution in [0.15, 0.2) is 53.6 Å². The maximum Gasteiger partial charge on any atom is 0.229 e. The molecule has 34 heavy (non-hydrogen) atoms. The van der Waals surface area contributed by atoms with Crippen molar-refractivity contribution in [3.05, 3.63) is 65.4 Å². The number of carbonyl (C=O) groups excluding carboxylic acids is 1. The first kappa shape index (κ1) is 23.7. The molecule has 4 rings (SSSR count). The van der Waals surface area contributed by atoms with Gasteiger partial charge in [0.05, 0.1) is 4.90 Å². The van der Waals surface area contributed by atoms with Gasteiger partial charge in [-0.25, -0.2) is 13.4 Å². The summed E-state index contributed by atoms with van der Waals surface area (Å²) in [4.78, 5) is 20.4. The highest BCUT2D eigenvalue weighted by Crippen LogP contribution is 2.30. The molecule has 1 amide bonds. The quantitative estimate of drug-likeness (QED) is 0.311. The van der Waals surface area contributed by atoms with Crippen molar-refractivity contribution >= 4 is 39.8 Å². The van der Waals surface area contributed by atoms with E-state index in [2.05, 4.69) is 31.2 Å². The number of nitrogens with one attached hydrogen (secondary N) is 4. The highest BCUT2D eigenvalue weighted by atomic mass is 32.2. The van der Waals surface area contributed by atoms with Crippen LogP contribution < -0.4 is 21.3 Å². The Bertz CT molecular complexity index is 1260. The summed E-state index contributed by atoms with van der Waals surface area (Å²) in [6.45, 7) is 4.72. The molecule has 4 N–H and O–H groups in total. The summed E-state index contributed by atoms with van der Waals surface area (Å²) in [5, 5.41) is 12.5. The monoisotopic (exact) mass is 480 g/mol. The lowest BCUT2D eigenvalue weighted by atomic mass is 10.0. The van der Waals surface area contributed by atoms with E-state index in [1.165, 1.54) is 6.92 Å². The fourth-order valence-electron chi connectivity index (χ4n) is 3.90. The second-order valence-corrected chi connectivity index (χ2v) is 9.26. The van der Waals surface area contributed by atoms with Gasteiger partial charge in [0.15, 0.2) is 10.7 Å². The van der Waals surface area contributed by atoms with Crippen molar-refractivity contribution in [1.82, 2.24) is 20.6 Å². The second-order valence-electron chi connectivity index (χ2n) is 8.26. The third kappa shape index (κ3) is 5.89. The molecule has 2 heterocycles. The van der Waals surface area contributed by atoms with Crippen molar-refractivity contribution < 1.29 is 13.2 Å². The number of hydrogen-bond donors (Lipinski definition) is 5. The number of benzene rings is 2. The molecule has 1 saturated heterocycles. The Morgan fingerprint density at radius 2 is 1.97 bits per heavy atom. The van der Waals surface area contributed by atoms with Gasteiger partial charge in [0.1, 0.15) is 5.82 Å². The van der Waals surface area contributed by atoms with E-state index in [-0.39, 0.29) is 11.9 Å². The Kier molecular flexibility index (Phi) is 7.39. The highest BCUT2D eigenvalue weighted by molar-refractivity contribution is 7.72. The summed E-state index contributed by atoms with van der Waals surface area (Å²) in [6.07, 6.45) is 3.65. The number of hydrogen-bond acceptors (Lipinski definition) is 8. The smallest absolute Gasteiger partial charge is 0.229 e. The molecule has 1 aliphatic heterocycles. The lowest BCUT2D eigenvalue weighted by Crippen LogP contribution is -2.18. The number of carbonyl (C=O) groups is 1. The lowest BCUT2D eigenvalue weighted by Gasteiger charge is -2.15. The van der Waals surface area contributed by atoms with Crippen molar-refractivity contribution in [3.63, 3.8) is 0 Å². The van der Waals surface area contributed by atoms with Crippen molar-refractivity contribution in [2.45, 2.75) is 44.2 Å². The van der Waals surface area contributed by atoms with E-state index in [1.807, 2.05) is 43.3 Å². The van der Waals surface area contributed by atoms with Crippen LogP contribution in [0, 0.1) is 6.92 Å². The van der Waals surface area contributed by atoms with E-state index in [0.29, 0.717) is 28.9 Å². The summed E-state index contributed by atoms with van der Waals surface area (Å²) < 4.78 is 23.8. The summed E-state index contributed by atoms with van der Waals surface area (Å²) >= 11 is 0. The van der Waals surface area contributed by atoms with Gasteiger partial charge in [-0.15, -0.1) is 0 Å². The number of aryl methyl sites for hydroxylation is 1. The molecule has 0 spiro atoms. The van der Waals surface area contributed by atoms with E-state index >= 15 is 0 Å². The summed E-state index contributed by atoms with van der Waals surface area (Å²) in [7, 11) is -2.74. The first-order valence-corrected chi connectivity index (χ1v) is 12.3. The van der Waals surface area contributed by atoms with Crippen LogP contribution in [-0.4, -0.2) is 30.8 Å². The molecule has 0 radical (unpaired) electrons. The third-order valence-electron chi connectivity index (χ3n) is 5.62. The Hall–Kier alpha value is -3.50. The molecule has 0 bridgehead atoms. The van der Waals surface area contributed by atoms with Gasteiger partial charge < -0.3 is 21.3 Å². The van der Waals surface area contributed by atoms with Crippen molar-refractivity contribution in [2.24, 2.45) is 0 Å². The van der Waals surface area contributed by atoms with Crippen LogP contribution in [0.3, 0.4) is 0 Å². The molecule has 1 fully saturated rings. The van der Waals surface area contributed by atoms with Gasteiger partial charge in [-0.3, -0.25) is 4.79 Å². The van der Waals surface area contributed by atoms with E-state index in [1.54, 1.807) is 12.3 Å². The van der Waals surface area contributed by atoms with Crippen molar-refractivity contribution in [3.8, 4) is 0 Å². The zero-order valence-electron chi connectivity index (χ0n) is 19.1. The van der Waals surface area contributed by atoms with Crippen LogP contribution in [0.4, 0.5) is 23.1 Å². The molecule has 178 valence electrons. The fraction of sp³-hybridized carbons (Fsp3) is 0.292. The van der Waals surface area contributed by atoms with Gasteiger partial charge in [0, 0.05) is 42.6 Å². The predicted molar refractivity (Wildman–Crippen MR) is 132 cm³/mol. The Balaban J connectivity index is 1.53. The minimum atomic E-state index is -2.74. The normalized spacial score (nSPS) is 15.3. The van der Waals surface area contributed by atoms with Gasteiger partial charge in [-0.05, 0) is 61.7 Å². The number of nitrogens with zero attached hydrogens (tertiary/aromatic N) is 2. The van der Waals surface area contributed by atoms with E-state index in [0.717, 1.165) is 41.8 Å². The SMILES string of the molecule is CC(=O)NCc1cccc(Nc2nc(Nc3ccc(C4CCCN4)c([SH](=O)=O)c3)ncc2C)c1. The number of rotatable bonds is 8. The summed E-state index contributed by atoms with van der Waals surface area (Å²) in [5.41, 5.74) is 4.04. The highest BCUT2D eigenvalue weighted by Gasteiger charge is 2.20. The molecule has 2 aromatic carbocycles. The zero-order valence-corrected chi connectivity index (χ0v) is 20.0. The van der Waals surface area contributed by atoms with E-state index in [4.69, 9.17) is 0 Å². The standard InChI is InChI=1S/C24H28N6O3S/c1-15-13-27-24(30-23(15)28-18-6-3-5-17(11-18)14-26-16(2)31)29-19-8-9-20(21-7-4-10-25-21)22(12-19)34(32)33/h3,5-6,8-9,11-13,21,25,34H,4,7,10,14H2,1-2H3,(H,26,31)(H2,27,28,29,30). The Labute approximate surface area is 200 Å². The van der Waals surface area contributed by atoms with Gasteiger partial charge >= 0.3 is 0 Å². The Morgan fingerprint density at radius 3 is 2.71 bits per heavy atom. The van der Waals surface area contributed by atoms with Crippen LogP contribution in [0.5, 0.6) is 0 Å². The molecule has 1 aliphatic rings. The van der Waals surface area contributed by atoms with E-state index in [9.17, 15) is 13.2 Å². The second kappa shape index (κ2) is 10.6. The first-order chi connectivity index (χ1) is 16.4. The van der Waals surface area contributed by atoms with Crippen LogP contribution in [0.1, 0.15) is 42.5 Å². The van der Waals surface area contributed by atoms with Crippen molar-refractivity contribution in [1.29, 1.82) is 0 Å². The molecule has 0 aliphatic carbocycles. The molecule has 1 unspecified atom stereocenters. The summed E-state index contributed by atoms with van der Waals surface area (Å²) in [6, 6.07) is 13.1. The maximum atomic E-state index is 11.9. The maximum absolute atomic E-state index is 11.9. The molecule has 1 atom stereocenters. The molecule has 1 aromatic heterocycles. The molecular formula is C24H28N6O3S. The van der Waals surface area contributed by atoms with Crippen LogP contribution in [-0.2, 0) is 22.0 Å². The van der Waals surface area contributed by atoms with Gasteiger partial charge in [-0.2, -0.15) is 4.98 Å². The number of amides is 1. The van der Waals surface area contributed by atoms with Crippen molar-refractivity contribution in [2.75, 3.05) is 17.2 Å². The lowest BCUT2D eigenvalue weighted by molar-refractivity contribution is -0.119. The van der Waals surface area contributed by atoms with Crippen LogP contribution in [0.25, 0.3) is 0 Å². The Morgan fingerprint density at radius 1 is 1.15 bits per heavy atom. The van der Waals surface area contributed by atoms with Crippen LogP contribution in [0.2, 0.25) is 0 Å². The van der Waals surface area contributed by atoms with Gasteiger partial charge in [0.2, 0.25) is 11.9 Å².